The Morgan fingerprint density at radius 1 is 1.12 bits per heavy atom. The number of amides is 1. The van der Waals surface area contributed by atoms with Crippen LogP contribution in [0.1, 0.15) is 36.8 Å². The molecule has 0 aliphatic heterocycles. The van der Waals surface area contributed by atoms with E-state index in [1.165, 1.54) is 25.3 Å². The normalized spacial score (nSPS) is 11.9. The van der Waals surface area contributed by atoms with E-state index in [0.29, 0.717) is 22.2 Å². The van der Waals surface area contributed by atoms with E-state index in [4.69, 9.17) is 16.3 Å². The van der Waals surface area contributed by atoms with Crippen LogP contribution < -0.4 is 14.8 Å². The first kappa shape index (κ1) is 23.8. The summed E-state index contributed by atoms with van der Waals surface area (Å²) in [7, 11) is -2.56. The fraction of sp³-hybridized carbons (Fsp3) is 0.273. The summed E-state index contributed by atoms with van der Waals surface area (Å²) in [5, 5.41) is 7.73. The largest absolute Gasteiger partial charge is 0.495 e. The number of benzene rings is 2. The molecule has 1 aromatic heterocycles. The van der Waals surface area contributed by atoms with Gasteiger partial charge in [0.25, 0.3) is 5.91 Å². The van der Waals surface area contributed by atoms with Crippen LogP contribution in [0, 0.1) is 6.92 Å². The van der Waals surface area contributed by atoms with Gasteiger partial charge < -0.3 is 10.1 Å². The highest BCUT2D eigenvalue weighted by molar-refractivity contribution is 7.89. The molecule has 0 aliphatic rings. The number of aryl methyl sites for hydroxylation is 1. The van der Waals surface area contributed by atoms with Gasteiger partial charge in [0.15, 0.2) is 0 Å². The Kier molecular flexibility index (Phi) is 6.64. The Morgan fingerprint density at radius 2 is 1.84 bits per heavy atom. The van der Waals surface area contributed by atoms with Gasteiger partial charge in [0.2, 0.25) is 10.0 Å². The number of nitrogens with zero attached hydrogens (tertiary/aromatic N) is 2. The Morgan fingerprint density at radius 3 is 2.47 bits per heavy atom. The lowest BCUT2D eigenvalue weighted by atomic mass is 10.1. The molecule has 2 N–H and O–H groups in total. The van der Waals surface area contributed by atoms with Crippen LogP contribution in [-0.4, -0.2) is 36.8 Å². The zero-order valence-electron chi connectivity index (χ0n) is 18.4. The number of anilines is 1. The van der Waals surface area contributed by atoms with Gasteiger partial charge in [-0.3, -0.25) is 4.79 Å². The Bertz CT molecular complexity index is 1260. The molecule has 8 nitrogen and oxygen atoms in total. The third-order valence-corrected chi connectivity index (χ3v) is 6.30. The van der Waals surface area contributed by atoms with E-state index in [2.05, 4.69) is 15.1 Å². The SMILES string of the molecule is COc1ccc(C(=O)Nc2cc(C)nn2-c2cccc(Cl)c2)cc1S(=O)(=O)NC(C)(C)C. The van der Waals surface area contributed by atoms with E-state index >= 15 is 0 Å². The third-order valence-electron chi connectivity index (χ3n) is 4.28. The van der Waals surface area contributed by atoms with Crippen molar-refractivity contribution >= 4 is 33.3 Å². The molecule has 0 atom stereocenters. The number of aromatic nitrogens is 2. The van der Waals surface area contributed by atoms with Gasteiger partial charge in [-0.15, -0.1) is 0 Å². The number of sulfonamides is 1. The van der Waals surface area contributed by atoms with Crippen molar-refractivity contribution in [2.24, 2.45) is 0 Å². The van der Waals surface area contributed by atoms with Crippen molar-refractivity contribution in [2.45, 2.75) is 38.1 Å². The minimum absolute atomic E-state index is 0.123. The fourth-order valence-electron chi connectivity index (χ4n) is 3.07. The zero-order valence-corrected chi connectivity index (χ0v) is 20.0. The molecule has 0 radical (unpaired) electrons. The maximum absolute atomic E-state index is 13.0. The lowest BCUT2D eigenvalue weighted by Crippen LogP contribution is -2.40. The first-order valence-corrected chi connectivity index (χ1v) is 11.6. The number of hydrogen-bond acceptors (Lipinski definition) is 5. The summed E-state index contributed by atoms with van der Waals surface area (Å²) in [5.41, 5.74) is 0.806. The first-order chi connectivity index (χ1) is 14.9. The second-order valence-corrected chi connectivity index (χ2v) is 10.3. The number of methoxy groups -OCH3 is 1. The van der Waals surface area contributed by atoms with Crippen molar-refractivity contribution in [3.63, 3.8) is 0 Å². The van der Waals surface area contributed by atoms with Gasteiger partial charge >= 0.3 is 0 Å². The summed E-state index contributed by atoms with van der Waals surface area (Å²) < 4.78 is 35.1. The topological polar surface area (TPSA) is 102 Å². The number of rotatable bonds is 6. The summed E-state index contributed by atoms with van der Waals surface area (Å²) in [6.07, 6.45) is 0. The monoisotopic (exact) mass is 476 g/mol. The molecular weight excluding hydrogens is 452 g/mol. The molecule has 2 aromatic carbocycles. The van der Waals surface area contributed by atoms with Crippen LogP contribution in [0.3, 0.4) is 0 Å². The first-order valence-electron chi connectivity index (χ1n) is 9.75. The fourth-order valence-corrected chi connectivity index (χ4v) is 4.87. The molecule has 0 aliphatic carbocycles. The van der Waals surface area contributed by atoms with E-state index in [0.717, 1.165) is 0 Å². The molecule has 1 amide bonds. The molecule has 0 spiro atoms. The molecular formula is C22H25ClN4O4S. The van der Waals surface area contributed by atoms with E-state index in [1.54, 1.807) is 56.6 Å². The van der Waals surface area contributed by atoms with Gasteiger partial charge in [-0.25, -0.2) is 17.8 Å². The zero-order chi connectivity index (χ0) is 23.7. The molecule has 0 saturated heterocycles. The van der Waals surface area contributed by atoms with E-state index in [1.807, 2.05) is 6.07 Å². The average molecular weight is 477 g/mol. The van der Waals surface area contributed by atoms with Crippen molar-refractivity contribution in [1.82, 2.24) is 14.5 Å². The highest BCUT2D eigenvalue weighted by atomic mass is 35.5. The van der Waals surface area contributed by atoms with Crippen molar-refractivity contribution in [3.05, 3.63) is 64.8 Å². The Labute approximate surface area is 192 Å². The lowest BCUT2D eigenvalue weighted by Gasteiger charge is -2.21. The van der Waals surface area contributed by atoms with Crippen LogP contribution in [0.15, 0.2) is 53.4 Å². The molecule has 1 heterocycles. The molecule has 10 heteroatoms. The van der Waals surface area contributed by atoms with Crippen molar-refractivity contribution in [2.75, 3.05) is 12.4 Å². The number of hydrogen-bond donors (Lipinski definition) is 2. The molecule has 0 unspecified atom stereocenters. The molecule has 32 heavy (non-hydrogen) atoms. The third kappa shape index (κ3) is 5.48. The van der Waals surface area contributed by atoms with E-state index in [-0.39, 0.29) is 16.2 Å². The van der Waals surface area contributed by atoms with Crippen LogP contribution in [0.25, 0.3) is 5.69 Å². The van der Waals surface area contributed by atoms with Crippen molar-refractivity contribution in [1.29, 1.82) is 0 Å². The summed E-state index contributed by atoms with van der Waals surface area (Å²) in [4.78, 5) is 12.9. The smallest absolute Gasteiger partial charge is 0.256 e. The quantitative estimate of drug-likeness (QED) is 0.555. The highest BCUT2D eigenvalue weighted by Gasteiger charge is 2.26. The van der Waals surface area contributed by atoms with Crippen LogP contribution >= 0.6 is 11.6 Å². The summed E-state index contributed by atoms with van der Waals surface area (Å²) in [6, 6.07) is 13.0. The predicted octanol–water partition coefficient (Wildman–Crippen LogP) is 4.17. The number of halogens is 1. The lowest BCUT2D eigenvalue weighted by molar-refractivity contribution is 0.102. The minimum Gasteiger partial charge on any atom is -0.495 e. The van der Waals surface area contributed by atoms with Crippen LogP contribution in [0.5, 0.6) is 5.75 Å². The van der Waals surface area contributed by atoms with Gasteiger partial charge in [0.05, 0.1) is 18.5 Å². The van der Waals surface area contributed by atoms with Gasteiger partial charge in [0.1, 0.15) is 16.5 Å². The van der Waals surface area contributed by atoms with Crippen LogP contribution in [0.2, 0.25) is 5.02 Å². The molecule has 0 bridgehead atoms. The maximum Gasteiger partial charge on any atom is 0.256 e. The second-order valence-electron chi connectivity index (χ2n) is 8.24. The number of ether oxygens (including phenoxy) is 1. The summed E-state index contributed by atoms with van der Waals surface area (Å²) in [5.74, 6) is 0.0592. The molecule has 3 rings (SSSR count). The molecule has 0 fully saturated rings. The average Bonchev–Trinajstić information content (AvgIpc) is 3.05. The predicted molar refractivity (Wildman–Crippen MR) is 124 cm³/mol. The Balaban J connectivity index is 1.97. The van der Waals surface area contributed by atoms with Gasteiger partial charge in [-0.05, 0) is 64.1 Å². The molecule has 170 valence electrons. The van der Waals surface area contributed by atoms with Crippen LogP contribution in [-0.2, 0) is 10.0 Å². The second kappa shape index (κ2) is 8.93. The molecule has 0 saturated carbocycles. The Hall–Kier alpha value is -2.88. The number of carbonyl (C=O) groups is 1. The van der Waals surface area contributed by atoms with Crippen molar-refractivity contribution < 1.29 is 17.9 Å². The maximum atomic E-state index is 13.0. The molecule has 3 aromatic rings. The number of nitrogens with one attached hydrogen (secondary N) is 2. The van der Waals surface area contributed by atoms with Crippen molar-refractivity contribution in [3.8, 4) is 11.4 Å². The summed E-state index contributed by atoms with van der Waals surface area (Å²) in [6.45, 7) is 6.99. The standard InChI is InChI=1S/C22H25ClN4O4S/c1-14-11-20(27(25-14)17-8-6-7-16(23)13-17)24-21(28)15-9-10-18(31-5)19(12-15)32(29,30)26-22(2,3)4/h6-13,26H,1-5H3,(H,24,28). The highest BCUT2D eigenvalue weighted by Crippen LogP contribution is 2.27. The van der Waals surface area contributed by atoms with Gasteiger partial charge in [0, 0.05) is 22.2 Å². The van der Waals surface area contributed by atoms with E-state index in [9.17, 15) is 13.2 Å². The van der Waals surface area contributed by atoms with Crippen LogP contribution in [0.4, 0.5) is 5.82 Å². The minimum atomic E-state index is -3.93. The van der Waals surface area contributed by atoms with Gasteiger partial charge in [-0.1, -0.05) is 17.7 Å². The van der Waals surface area contributed by atoms with Gasteiger partial charge in [-0.2, -0.15) is 5.10 Å². The van der Waals surface area contributed by atoms with E-state index < -0.39 is 21.5 Å². The number of carbonyl (C=O) groups excluding carboxylic acids is 1. The summed E-state index contributed by atoms with van der Waals surface area (Å²) >= 11 is 6.09.